The number of nitro groups is 1. The molecule has 0 radical (unpaired) electrons. The molecule has 26 heavy (non-hydrogen) atoms. The van der Waals surface area contributed by atoms with E-state index in [1.165, 1.54) is 0 Å². The van der Waals surface area contributed by atoms with Crippen molar-refractivity contribution in [3.63, 3.8) is 0 Å². The zero-order chi connectivity index (χ0) is 19.4. The first kappa shape index (κ1) is 19.1. The highest BCUT2D eigenvalue weighted by atomic mass is 35.5. The summed E-state index contributed by atoms with van der Waals surface area (Å²) < 4.78 is 0.780. The predicted octanol–water partition coefficient (Wildman–Crippen LogP) is 1.39. The summed E-state index contributed by atoms with van der Waals surface area (Å²) in [5.74, 6) is -1.67. The van der Waals surface area contributed by atoms with E-state index >= 15 is 0 Å². The number of carbonyl (C=O) groups is 2. The van der Waals surface area contributed by atoms with Crippen LogP contribution in [0.25, 0.3) is 0 Å². The third-order valence-electron chi connectivity index (χ3n) is 3.61. The Labute approximate surface area is 152 Å². The first-order valence-electron chi connectivity index (χ1n) is 7.42. The molecule has 1 unspecified atom stereocenters. The molecule has 9 nitrogen and oxygen atoms in total. The van der Waals surface area contributed by atoms with Gasteiger partial charge in [-0.3, -0.25) is 29.1 Å². The van der Waals surface area contributed by atoms with Crippen molar-refractivity contribution >= 4 is 29.1 Å². The molecule has 0 saturated heterocycles. The third-order valence-corrected chi connectivity index (χ3v) is 3.86. The molecular weight excluding hydrogens is 364 g/mol. The van der Waals surface area contributed by atoms with Gasteiger partial charge < -0.3 is 11.1 Å². The Balaban J connectivity index is 2.22. The molecule has 1 aromatic carbocycles. The van der Waals surface area contributed by atoms with Crippen molar-refractivity contribution in [1.82, 2.24) is 9.88 Å². The molecule has 2 aromatic rings. The van der Waals surface area contributed by atoms with Crippen LogP contribution in [-0.4, -0.2) is 21.3 Å². The maximum absolute atomic E-state index is 12.2. The first-order valence-corrected chi connectivity index (χ1v) is 7.80. The van der Waals surface area contributed by atoms with Crippen LogP contribution in [0.3, 0.4) is 0 Å². The quantitative estimate of drug-likeness (QED) is 0.577. The van der Waals surface area contributed by atoms with Crippen molar-refractivity contribution in [3.8, 4) is 0 Å². The van der Waals surface area contributed by atoms with Crippen molar-refractivity contribution in [2.75, 3.05) is 0 Å². The van der Waals surface area contributed by atoms with E-state index in [2.05, 4.69) is 5.32 Å². The van der Waals surface area contributed by atoms with Gasteiger partial charge in [0.25, 0.3) is 17.2 Å². The minimum atomic E-state index is -1.11. The van der Waals surface area contributed by atoms with Crippen LogP contribution in [0.4, 0.5) is 5.69 Å². The third kappa shape index (κ3) is 4.45. The van der Waals surface area contributed by atoms with Crippen molar-refractivity contribution in [2.45, 2.75) is 19.5 Å². The van der Waals surface area contributed by atoms with Gasteiger partial charge in [-0.15, -0.1) is 0 Å². The summed E-state index contributed by atoms with van der Waals surface area (Å²) in [6.45, 7) is 1.23. The van der Waals surface area contributed by atoms with E-state index in [4.69, 9.17) is 17.3 Å². The van der Waals surface area contributed by atoms with Crippen LogP contribution in [0.2, 0.25) is 5.02 Å². The number of nitrogens with two attached hydrogens (primary N) is 1. The molecule has 2 amide bonds. The van der Waals surface area contributed by atoms with Gasteiger partial charge in [-0.2, -0.15) is 0 Å². The highest BCUT2D eigenvalue weighted by Crippen LogP contribution is 2.16. The van der Waals surface area contributed by atoms with Gasteiger partial charge in [-0.1, -0.05) is 23.7 Å². The van der Waals surface area contributed by atoms with Crippen LogP contribution in [0.15, 0.2) is 41.3 Å². The summed E-state index contributed by atoms with van der Waals surface area (Å²) in [4.78, 5) is 45.8. The van der Waals surface area contributed by atoms with E-state index in [1.54, 1.807) is 31.2 Å². The molecule has 0 aliphatic heterocycles. The highest BCUT2D eigenvalue weighted by molar-refractivity contribution is 6.30. The average molecular weight is 379 g/mol. The van der Waals surface area contributed by atoms with E-state index in [0.29, 0.717) is 5.02 Å². The molecule has 2 rings (SSSR count). The number of aromatic nitrogens is 1. The van der Waals surface area contributed by atoms with Crippen LogP contribution in [0, 0.1) is 10.1 Å². The molecule has 10 heteroatoms. The predicted molar refractivity (Wildman–Crippen MR) is 93.9 cm³/mol. The molecule has 3 N–H and O–H groups in total. The van der Waals surface area contributed by atoms with E-state index in [9.17, 15) is 24.5 Å². The lowest BCUT2D eigenvalue weighted by molar-refractivity contribution is -0.385. The summed E-state index contributed by atoms with van der Waals surface area (Å²) in [6.07, 6.45) is 0.890. The molecular formula is C16H15ClN4O5. The van der Waals surface area contributed by atoms with Crippen LogP contribution < -0.4 is 16.6 Å². The number of rotatable bonds is 6. The van der Waals surface area contributed by atoms with Crippen molar-refractivity contribution in [2.24, 2.45) is 5.73 Å². The summed E-state index contributed by atoms with van der Waals surface area (Å²) in [5, 5.41) is 14.2. The fourth-order valence-electron chi connectivity index (χ4n) is 2.29. The van der Waals surface area contributed by atoms with Gasteiger partial charge in [0, 0.05) is 11.1 Å². The minimum Gasteiger partial charge on any atom is -0.365 e. The number of pyridine rings is 1. The lowest BCUT2D eigenvalue weighted by atomic mass is 10.1. The van der Waals surface area contributed by atoms with Gasteiger partial charge in [-0.25, -0.2) is 0 Å². The van der Waals surface area contributed by atoms with Gasteiger partial charge >= 0.3 is 0 Å². The molecule has 0 aliphatic carbocycles. The van der Waals surface area contributed by atoms with Crippen LogP contribution in [0.1, 0.15) is 28.9 Å². The maximum atomic E-state index is 12.2. The monoisotopic (exact) mass is 378 g/mol. The maximum Gasteiger partial charge on any atom is 0.286 e. The van der Waals surface area contributed by atoms with Gasteiger partial charge in [0.05, 0.1) is 17.2 Å². The van der Waals surface area contributed by atoms with E-state index in [1.807, 2.05) is 0 Å². The SMILES string of the molecule is CC(NC(=O)Cn1cc([N+](=O)[O-])cc(C(N)=O)c1=O)c1ccc(Cl)cc1. The number of primary amides is 1. The Hall–Kier alpha value is -3.20. The number of nitrogens with one attached hydrogen (secondary N) is 1. The lowest BCUT2D eigenvalue weighted by Crippen LogP contribution is -2.36. The smallest absolute Gasteiger partial charge is 0.286 e. The normalized spacial score (nSPS) is 11.6. The Morgan fingerprint density at radius 1 is 1.35 bits per heavy atom. The Bertz CT molecular complexity index is 923. The van der Waals surface area contributed by atoms with Crippen molar-refractivity contribution < 1.29 is 14.5 Å². The molecule has 1 heterocycles. The standard InChI is InChI=1S/C16H15ClN4O5/c1-9(10-2-4-11(17)5-3-10)19-14(22)8-20-7-12(21(25)26)6-13(15(18)23)16(20)24/h2-7,9H,8H2,1H3,(H2,18,23)(H,19,22). The van der Waals surface area contributed by atoms with E-state index < -0.39 is 40.1 Å². The number of carbonyl (C=O) groups excluding carboxylic acids is 2. The largest absolute Gasteiger partial charge is 0.365 e. The molecule has 136 valence electrons. The summed E-state index contributed by atoms with van der Waals surface area (Å²) in [5.41, 5.74) is 3.90. The second kappa shape index (κ2) is 7.79. The first-order chi connectivity index (χ1) is 12.2. The average Bonchev–Trinajstić information content (AvgIpc) is 2.56. The zero-order valence-corrected chi connectivity index (χ0v) is 14.4. The summed E-state index contributed by atoms with van der Waals surface area (Å²) in [7, 11) is 0. The number of benzene rings is 1. The van der Waals surface area contributed by atoms with Crippen LogP contribution >= 0.6 is 11.6 Å². The van der Waals surface area contributed by atoms with Gasteiger partial charge in [0.1, 0.15) is 12.1 Å². The molecule has 0 spiro atoms. The minimum absolute atomic E-state index is 0.384. The zero-order valence-electron chi connectivity index (χ0n) is 13.6. The van der Waals surface area contributed by atoms with Crippen LogP contribution in [0.5, 0.6) is 0 Å². The fourth-order valence-corrected chi connectivity index (χ4v) is 2.42. The topological polar surface area (TPSA) is 137 Å². The van der Waals surface area contributed by atoms with E-state index in [-0.39, 0.29) is 6.04 Å². The molecule has 0 bridgehead atoms. The highest BCUT2D eigenvalue weighted by Gasteiger charge is 2.19. The lowest BCUT2D eigenvalue weighted by Gasteiger charge is -2.15. The number of hydrogen-bond acceptors (Lipinski definition) is 5. The molecule has 0 aliphatic rings. The fraction of sp³-hybridized carbons (Fsp3) is 0.188. The summed E-state index contributed by atoms with van der Waals surface area (Å²) >= 11 is 5.81. The Morgan fingerprint density at radius 2 is 1.96 bits per heavy atom. The number of halogens is 1. The van der Waals surface area contributed by atoms with Crippen molar-refractivity contribution in [1.29, 1.82) is 0 Å². The van der Waals surface area contributed by atoms with Crippen LogP contribution in [-0.2, 0) is 11.3 Å². The second-order valence-electron chi connectivity index (χ2n) is 5.51. The number of nitrogens with zero attached hydrogens (tertiary/aromatic N) is 2. The second-order valence-corrected chi connectivity index (χ2v) is 5.94. The van der Waals surface area contributed by atoms with Gasteiger partial charge in [-0.05, 0) is 24.6 Å². The molecule has 0 fully saturated rings. The molecule has 0 saturated carbocycles. The van der Waals surface area contributed by atoms with E-state index in [0.717, 1.165) is 22.4 Å². The summed E-state index contributed by atoms with van der Waals surface area (Å²) in [6, 6.07) is 7.21. The van der Waals surface area contributed by atoms with Gasteiger partial charge in [0.2, 0.25) is 5.91 Å². The Morgan fingerprint density at radius 3 is 2.50 bits per heavy atom. The van der Waals surface area contributed by atoms with Crippen molar-refractivity contribution in [3.05, 3.63) is 73.1 Å². The Kier molecular flexibility index (Phi) is 5.73. The number of amides is 2. The molecule has 1 atom stereocenters. The van der Waals surface area contributed by atoms with Gasteiger partial charge in [0.15, 0.2) is 0 Å². The number of hydrogen-bond donors (Lipinski definition) is 2. The molecule has 1 aromatic heterocycles.